The van der Waals surface area contributed by atoms with E-state index in [-0.39, 0.29) is 0 Å². The number of aliphatic hydroxyl groups excluding tert-OH is 4. The zero-order valence-corrected chi connectivity index (χ0v) is 14.2. The Balaban J connectivity index is 0.000000585. The summed E-state index contributed by atoms with van der Waals surface area (Å²) in [4.78, 5) is 31.3. The molecule has 1 atom stereocenters. The zero-order chi connectivity index (χ0) is 18.0. The van der Waals surface area contributed by atoms with E-state index >= 15 is 0 Å². The summed E-state index contributed by atoms with van der Waals surface area (Å²) in [5.41, 5.74) is 0.168. The average Bonchev–Trinajstić information content (AvgIpc) is 2.49. The molecule has 0 aliphatic carbocycles. The number of hydrogen-bond donors (Lipinski definition) is 8. The van der Waals surface area contributed by atoms with Crippen LogP contribution in [-0.4, -0.2) is 59.8 Å². The molecule has 0 saturated carbocycles. The van der Waals surface area contributed by atoms with E-state index in [1.165, 1.54) is 0 Å². The Bertz CT molecular complexity index is 426. The van der Waals surface area contributed by atoms with Crippen LogP contribution in [0.3, 0.4) is 0 Å². The Morgan fingerprint density at radius 1 is 0.957 bits per heavy atom. The molecule has 8 N–H and O–H groups in total. The Morgan fingerprint density at radius 2 is 1.39 bits per heavy atom. The van der Waals surface area contributed by atoms with Crippen molar-refractivity contribution in [3.05, 3.63) is 35.4 Å². The molecule has 1 aromatic rings. The Hall–Kier alpha value is -0.280. The molecule has 0 aromatic heterocycles. The molecule has 0 amide bonds. The van der Waals surface area contributed by atoms with Crippen molar-refractivity contribution >= 4 is 17.2 Å². The maximum Gasteiger partial charge on any atom is 0.334 e. The Morgan fingerprint density at radius 3 is 1.70 bits per heavy atom. The normalized spacial score (nSPS) is 13.0. The van der Waals surface area contributed by atoms with E-state index < -0.39 is 48.5 Å². The lowest BCUT2D eigenvalue weighted by molar-refractivity contribution is -0.0854. The number of aryl methyl sites for hydroxylation is 1. The highest BCUT2D eigenvalue weighted by atomic mass is 31.2. The summed E-state index contributed by atoms with van der Waals surface area (Å²) in [7, 11) is -5.22. The van der Waals surface area contributed by atoms with Gasteiger partial charge in [0, 0.05) is 0 Å². The maximum atomic E-state index is 10.1. The molecule has 0 heterocycles. The number of hydrogen-bond acceptors (Lipinski definition) is 9. The summed E-state index contributed by atoms with van der Waals surface area (Å²) in [6.07, 6.45) is -1.09. The fourth-order valence-corrected chi connectivity index (χ4v) is 2.22. The van der Waals surface area contributed by atoms with Gasteiger partial charge in [0.1, 0.15) is 0 Å². The molecule has 0 radical (unpaired) electrons. The summed E-state index contributed by atoms with van der Waals surface area (Å²) >= 11 is 0. The van der Waals surface area contributed by atoms with Crippen molar-refractivity contribution in [1.82, 2.24) is 0 Å². The SMILES string of the molecule is Cc1ccccc1C(O)C(CO)(CO)CO.OP(O)OP(O)O. The molecule has 0 bridgehead atoms. The van der Waals surface area contributed by atoms with Gasteiger partial charge in [0.15, 0.2) is 0 Å². The van der Waals surface area contributed by atoms with Gasteiger partial charge in [-0.3, -0.25) is 0 Å². The first kappa shape index (κ1) is 22.7. The molecule has 134 valence electrons. The minimum atomic E-state index is -2.61. The van der Waals surface area contributed by atoms with Crippen LogP contribution in [0.4, 0.5) is 0 Å². The van der Waals surface area contributed by atoms with Gasteiger partial charge in [-0.05, 0) is 18.1 Å². The van der Waals surface area contributed by atoms with Crippen molar-refractivity contribution in [3.8, 4) is 0 Å². The molecule has 11 heteroatoms. The first-order valence-electron chi connectivity index (χ1n) is 6.34. The van der Waals surface area contributed by atoms with Gasteiger partial charge in [-0.1, -0.05) is 24.3 Å². The van der Waals surface area contributed by atoms with Crippen molar-refractivity contribution < 1.29 is 44.3 Å². The summed E-state index contributed by atoms with van der Waals surface area (Å²) in [5, 5.41) is 37.8. The third-order valence-electron chi connectivity index (χ3n) is 3.15. The van der Waals surface area contributed by atoms with Crippen LogP contribution in [-0.2, 0) is 4.31 Å². The largest absolute Gasteiger partial charge is 0.395 e. The van der Waals surface area contributed by atoms with E-state index in [1.807, 2.05) is 19.1 Å². The monoisotopic (exact) mass is 372 g/mol. The molecule has 1 aromatic carbocycles. The lowest BCUT2D eigenvalue weighted by Gasteiger charge is -2.33. The Kier molecular flexibility index (Phi) is 11.2. The fourth-order valence-electron chi connectivity index (χ4n) is 1.70. The molecule has 0 aliphatic heterocycles. The third kappa shape index (κ3) is 7.43. The van der Waals surface area contributed by atoms with Crippen LogP contribution in [0.15, 0.2) is 24.3 Å². The predicted molar refractivity (Wildman–Crippen MR) is 83.6 cm³/mol. The van der Waals surface area contributed by atoms with E-state index in [0.717, 1.165) is 5.56 Å². The summed E-state index contributed by atoms with van der Waals surface area (Å²) < 4.78 is 3.60. The minimum Gasteiger partial charge on any atom is -0.395 e. The highest BCUT2D eigenvalue weighted by Gasteiger charge is 2.38. The summed E-state index contributed by atoms with van der Waals surface area (Å²) in [6, 6.07) is 7.15. The highest BCUT2D eigenvalue weighted by Crippen LogP contribution is 2.41. The molecule has 1 unspecified atom stereocenters. The first-order chi connectivity index (χ1) is 10.7. The lowest BCUT2D eigenvalue weighted by Crippen LogP contribution is -2.40. The van der Waals surface area contributed by atoms with Crippen LogP contribution in [0.2, 0.25) is 0 Å². The molecule has 0 saturated heterocycles. The van der Waals surface area contributed by atoms with Crippen molar-refractivity contribution in [2.24, 2.45) is 5.41 Å². The van der Waals surface area contributed by atoms with Crippen LogP contribution in [0.25, 0.3) is 0 Å². The van der Waals surface area contributed by atoms with Crippen molar-refractivity contribution in [3.63, 3.8) is 0 Å². The average molecular weight is 372 g/mol. The second kappa shape index (κ2) is 11.3. The van der Waals surface area contributed by atoms with Gasteiger partial charge in [0.05, 0.1) is 31.3 Å². The summed E-state index contributed by atoms with van der Waals surface area (Å²) in [5.74, 6) is 0. The predicted octanol–water partition coefficient (Wildman–Crippen LogP) is -0.582. The zero-order valence-electron chi connectivity index (χ0n) is 12.4. The van der Waals surface area contributed by atoms with Crippen LogP contribution < -0.4 is 0 Å². The standard InChI is InChI=1S/C12H18O4.H4O5P2/c1-9-4-2-3-5-10(9)11(16)12(6-13,7-14)8-15;1-6(2)5-7(3)4/h2-5,11,13-16H,6-8H2,1H3;1-4H. The minimum absolute atomic E-state index is 0.477. The number of rotatable bonds is 7. The first-order valence-corrected chi connectivity index (χ1v) is 8.67. The Labute approximate surface area is 136 Å². The van der Waals surface area contributed by atoms with E-state index in [4.69, 9.17) is 19.6 Å². The van der Waals surface area contributed by atoms with E-state index in [1.54, 1.807) is 12.1 Å². The quantitative estimate of drug-likeness (QED) is 0.292. The molecular weight excluding hydrogens is 350 g/mol. The van der Waals surface area contributed by atoms with Gasteiger partial charge in [-0.2, -0.15) is 0 Å². The number of aliphatic hydroxyl groups is 4. The van der Waals surface area contributed by atoms with Gasteiger partial charge < -0.3 is 40.0 Å². The molecule has 0 spiro atoms. The molecule has 23 heavy (non-hydrogen) atoms. The second-order valence-electron chi connectivity index (χ2n) is 4.68. The highest BCUT2D eigenvalue weighted by molar-refractivity contribution is 7.53. The van der Waals surface area contributed by atoms with Gasteiger partial charge in [0.25, 0.3) is 0 Å². The molecule has 1 rings (SSSR count). The molecular formula is C12H22O9P2. The van der Waals surface area contributed by atoms with Gasteiger partial charge in [-0.15, -0.1) is 0 Å². The molecule has 9 nitrogen and oxygen atoms in total. The molecule has 0 aliphatic rings. The van der Waals surface area contributed by atoms with Gasteiger partial charge in [-0.25, -0.2) is 4.31 Å². The van der Waals surface area contributed by atoms with E-state index in [9.17, 15) is 20.4 Å². The van der Waals surface area contributed by atoms with Gasteiger partial charge >= 0.3 is 17.2 Å². The number of benzene rings is 1. The smallest absolute Gasteiger partial charge is 0.334 e. The van der Waals surface area contributed by atoms with Crippen LogP contribution in [0.5, 0.6) is 0 Å². The van der Waals surface area contributed by atoms with Crippen LogP contribution >= 0.6 is 17.2 Å². The maximum absolute atomic E-state index is 10.1. The topological polar surface area (TPSA) is 171 Å². The van der Waals surface area contributed by atoms with E-state index in [0.29, 0.717) is 5.56 Å². The van der Waals surface area contributed by atoms with Crippen LogP contribution in [0.1, 0.15) is 17.2 Å². The van der Waals surface area contributed by atoms with Crippen molar-refractivity contribution in [2.75, 3.05) is 19.8 Å². The van der Waals surface area contributed by atoms with E-state index in [2.05, 4.69) is 4.31 Å². The fraction of sp³-hybridized carbons (Fsp3) is 0.500. The van der Waals surface area contributed by atoms with Gasteiger partial charge in [0.2, 0.25) is 0 Å². The second-order valence-corrected chi connectivity index (χ2v) is 6.35. The van der Waals surface area contributed by atoms with Crippen LogP contribution in [0, 0.1) is 12.3 Å². The third-order valence-corrected chi connectivity index (χ3v) is 4.32. The molecule has 0 fully saturated rings. The van der Waals surface area contributed by atoms with Crippen molar-refractivity contribution in [2.45, 2.75) is 13.0 Å². The lowest BCUT2D eigenvalue weighted by atomic mass is 9.80. The van der Waals surface area contributed by atoms with Crippen molar-refractivity contribution in [1.29, 1.82) is 0 Å². The summed E-state index contributed by atoms with van der Waals surface area (Å²) in [6.45, 7) is 0.399.